The maximum absolute atomic E-state index is 12.9. The number of ether oxygens (including phenoxy) is 1. The number of pyridine rings is 1. The number of H-pyrrole nitrogens is 1. The number of rotatable bonds is 4. The molecule has 5 rings (SSSR count). The van der Waals surface area contributed by atoms with E-state index in [4.69, 9.17) is 4.74 Å². The summed E-state index contributed by atoms with van der Waals surface area (Å²) < 4.78 is 6.49. The van der Waals surface area contributed by atoms with Gasteiger partial charge in [-0.05, 0) is 30.7 Å². The number of nitrogens with zero attached hydrogens (tertiary/aromatic N) is 4. The molecule has 1 aromatic carbocycles. The predicted molar refractivity (Wildman–Crippen MR) is 119 cm³/mol. The molecule has 1 fully saturated rings. The lowest BCUT2D eigenvalue weighted by Gasteiger charge is -2.36. The van der Waals surface area contributed by atoms with Crippen molar-refractivity contribution in [1.82, 2.24) is 24.3 Å². The van der Waals surface area contributed by atoms with Gasteiger partial charge in [0.25, 0.3) is 5.91 Å². The first-order valence-corrected chi connectivity index (χ1v) is 10.3. The average Bonchev–Trinajstić information content (AvgIpc) is 3.41. The molecule has 0 radical (unpaired) electrons. The topological polar surface area (TPSA) is 105 Å². The summed E-state index contributed by atoms with van der Waals surface area (Å²) in [5, 5.41) is 3.00. The molecule has 2 amide bonds. The number of carbonyl (C=O) groups is 2. The molecular weight excluding hydrogens is 408 g/mol. The molecule has 0 unspecified atom stereocenters. The van der Waals surface area contributed by atoms with E-state index in [9.17, 15) is 9.59 Å². The van der Waals surface area contributed by atoms with Gasteiger partial charge in [-0.15, -0.1) is 0 Å². The third-order valence-electron chi connectivity index (χ3n) is 5.74. The van der Waals surface area contributed by atoms with Crippen LogP contribution in [-0.4, -0.2) is 56.5 Å². The highest BCUT2D eigenvalue weighted by molar-refractivity contribution is 6.04. The fraction of sp³-hybridized carbons (Fsp3) is 0.217. The number of nitrogens with one attached hydrogen (secondary N) is 2. The number of aromatic amines is 1. The van der Waals surface area contributed by atoms with Gasteiger partial charge in [-0.1, -0.05) is 18.2 Å². The summed E-state index contributed by atoms with van der Waals surface area (Å²) in [4.78, 5) is 38.2. The van der Waals surface area contributed by atoms with Gasteiger partial charge in [-0.25, -0.2) is 14.8 Å². The van der Waals surface area contributed by atoms with Crippen LogP contribution in [0.3, 0.4) is 0 Å². The standard InChI is InChI=1S/C23H22N6O3/c1-14-6-7-15(18-10-25-21(26-18)16-12-28(13-16)23(31)32-2)9-17(14)27-22(30)19-11-24-20-5-3-4-8-29(19)20/h3-11,16H,12-13H2,1-2H3,(H,25,26)(H,27,30). The number of imidazole rings is 2. The van der Waals surface area contributed by atoms with Crippen molar-refractivity contribution in [2.24, 2.45) is 0 Å². The minimum atomic E-state index is -0.321. The van der Waals surface area contributed by atoms with Crippen LogP contribution in [0.1, 0.15) is 27.8 Å². The Morgan fingerprint density at radius 1 is 1.16 bits per heavy atom. The van der Waals surface area contributed by atoms with Crippen LogP contribution in [0.15, 0.2) is 55.0 Å². The van der Waals surface area contributed by atoms with Crippen molar-refractivity contribution >= 4 is 23.3 Å². The maximum atomic E-state index is 12.9. The molecule has 162 valence electrons. The van der Waals surface area contributed by atoms with Gasteiger partial charge in [-0.3, -0.25) is 9.20 Å². The number of aryl methyl sites for hydroxylation is 1. The van der Waals surface area contributed by atoms with Gasteiger partial charge < -0.3 is 19.9 Å². The first-order chi connectivity index (χ1) is 15.5. The predicted octanol–water partition coefficient (Wildman–Crippen LogP) is 3.45. The summed E-state index contributed by atoms with van der Waals surface area (Å²) in [6.07, 6.45) is 4.84. The largest absolute Gasteiger partial charge is 0.453 e. The van der Waals surface area contributed by atoms with Gasteiger partial charge in [0.2, 0.25) is 0 Å². The number of carbonyl (C=O) groups excluding carboxylic acids is 2. The zero-order valence-electron chi connectivity index (χ0n) is 17.7. The number of methoxy groups -OCH3 is 1. The molecule has 32 heavy (non-hydrogen) atoms. The van der Waals surface area contributed by atoms with Crippen LogP contribution < -0.4 is 5.32 Å². The monoisotopic (exact) mass is 430 g/mol. The summed E-state index contributed by atoms with van der Waals surface area (Å²) >= 11 is 0. The van der Waals surface area contributed by atoms with Crippen LogP contribution in [0.2, 0.25) is 0 Å². The highest BCUT2D eigenvalue weighted by atomic mass is 16.5. The molecule has 4 heterocycles. The molecule has 0 aliphatic carbocycles. The van der Waals surface area contributed by atoms with Crippen LogP contribution >= 0.6 is 0 Å². The highest BCUT2D eigenvalue weighted by Crippen LogP contribution is 2.29. The number of likely N-dealkylation sites (tertiary alicyclic amines) is 1. The lowest BCUT2D eigenvalue weighted by atomic mass is 10.0. The number of hydrogen-bond donors (Lipinski definition) is 2. The molecule has 1 saturated heterocycles. The Hall–Kier alpha value is -4.14. The normalized spacial score (nSPS) is 13.8. The minimum Gasteiger partial charge on any atom is -0.453 e. The van der Waals surface area contributed by atoms with E-state index in [1.807, 2.05) is 49.5 Å². The van der Waals surface area contributed by atoms with Crippen molar-refractivity contribution < 1.29 is 14.3 Å². The van der Waals surface area contributed by atoms with E-state index in [-0.39, 0.29) is 17.9 Å². The number of anilines is 1. The van der Waals surface area contributed by atoms with Gasteiger partial charge in [0, 0.05) is 30.5 Å². The minimum absolute atomic E-state index is 0.155. The van der Waals surface area contributed by atoms with E-state index >= 15 is 0 Å². The third-order valence-corrected chi connectivity index (χ3v) is 5.74. The summed E-state index contributed by atoms with van der Waals surface area (Å²) in [5.74, 6) is 0.756. The molecule has 4 aromatic rings. The molecule has 9 heteroatoms. The molecule has 0 bridgehead atoms. The SMILES string of the molecule is COC(=O)N1CC(c2ncc(-c3ccc(C)c(NC(=O)c4cnc5ccccn45)c3)[nH]2)C1. The van der Waals surface area contributed by atoms with Crippen molar-refractivity contribution in [2.45, 2.75) is 12.8 Å². The van der Waals surface area contributed by atoms with E-state index < -0.39 is 0 Å². The zero-order chi connectivity index (χ0) is 22.2. The van der Waals surface area contributed by atoms with E-state index in [0.717, 1.165) is 34.0 Å². The van der Waals surface area contributed by atoms with Crippen molar-refractivity contribution in [1.29, 1.82) is 0 Å². The Morgan fingerprint density at radius 2 is 2.00 bits per heavy atom. The molecule has 1 aliphatic heterocycles. The van der Waals surface area contributed by atoms with Gasteiger partial charge in [-0.2, -0.15) is 0 Å². The Kier molecular flexibility index (Phi) is 4.85. The van der Waals surface area contributed by atoms with Crippen molar-refractivity contribution in [3.05, 3.63) is 72.1 Å². The quantitative estimate of drug-likeness (QED) is 0.516. The zero-order valence-corrected chi connectivity index (χ0v) is 17.7. The number of benzene rings is 1. The second kappa shape index (κ2) is 7.84. The van der Waals surface area contributed by atoms with Crippen LogP contribution in [0.25, 0.3) is 16.9 Å². The van der Waals surface area contributed by atoms with Crippen molar-refractivity contribution in [2.75, 3.05) is 25.5 Å². The van der Waals surface area contributed by atoms with Gasteiger partial charge >= 0.3 is 6.09 Å². The second-order valence-electron chi connectivity index (χ2n) is 7.81. The average molecular weight is 430 g/mol. The Morgan fingerprint density at radius 3 is 2.81 bits per heavy atom. The first-order valence-electron chi connectivity index (χ1n) is 10.3. The van der Waals surface area contributed by atoms with E-state index in [1.54, 1.807) is 21.7 Å². The van der Waals surface area contributed by atoms with Crippen LogP contribution in [-0.2, 0) is 4.74 Å². The summed E-state index contributed by atoms with van der Waals surface area (Å²) in [5.41, 5.74) is 4.61. The van der Waals surface area contributed by atoms with Crippen molar-refractivity contribution in [3.8, 4) is 11.3 Å². The third kappa shape index (κ3) is 3.47. The first kappa shape index (κ1) is 19.8. The van der Waals surface area contributed by atoms with Gasteiger partial charge in [0.1, 0.15) is 17.2 Å². The van der Waals surface area contributed by atoms with Crippen LogP contribution in [0.5, 0.6) is 0 Å². The van der Waals surface area contributed by atoms with E-state index in [0.29, 0.717) is 18.8 Å². The lowest BCUT2D eigenvalue weighted by molar-refractivity contribution is 0.0865. The Labute approximate surface area is 184 Å². The number of aromatic nitrogens is 4. The molecular formula is C23H22N6O3. The smallest absolute Gasteiger partial charge is 0.409 e. The highest BCUT2D eigenvalue weighted by Gasteiger charge is 2.34. The Balaban J connectivity index is 1.34. The second-order valence-corrected chi connectivity index (χ2v) is 7.81. The molecule has 1 aliphatic rings. The molecule has 0 saturated carbocycles. The summed E-state index contributed by atoms with van der Waals surface area (Å²) in [6, 6.07) is 11.5. The molecule has 9 nitrogen and oxygen atoms in total. The summed E-state index contributed by atoms with van der Waals surface area (Å²) in [7, 11) is 1.38. The molecule has 3 aromatic heterocycles. The van der Waals surface area contributed by atoms with Gasteiger partial charge in [0.05, 0.1) is 31.1 Å². The van der Waals surface area contributed by atoms with Crippen LogP contribution in [0, 0.1) is 6.92 Å². The fourth-order valence-corrected chi connectivity index (χ4v) is 3.83. The lowest BCUT2D eigenvalue weighted by Crippen LogP contribution is -2.48. The van der Waals surface area contributed by atoms with Gasteiger partial charge in [0.15, 0.2) is 0 Å². The summed E-state index contributed by atoms with van der Waals surface area (Å²) in [6.45, 7) is 3.10. The molecule has 0 atom stereocenters. The van der Waals surface area contributed by atoms with Crippen LogP contribution in [0.4, 0.5) is 10.5 Å². The van der Waals surface area contributed by atoms with Crippen molar-refractivity contribution in [3.63, 3.8) is 0 Å². The number of fused-ring (bicyclic) bond motifs is 1. The maximum Gasteiger partial charge on any atom is 0.409 e. The fourth-order valence-electron chi connectivity index (χ4n) is 3.83. The molecule has 0 spiro atoms. The molecule has 2 N–H and O–H groups in total. The van der Waals surface area contributed by atoms with E-state index in [1.165, 1.54) is 7.11 Å². The Bertz CT molecular complexity index is 1320. The number of amides is 2. The van der Waals surface area contributed by atoms with E-state index in [2.05, 4.69) is 20.3 Å². The number of hydrogen-bond acceptors (Lipinski definition) is 5.